The fourth-order valence-electron chi connectivity index (χ4n) is 3.71. The monoisotopic (exact) mass is 488 g/mol. The quantitative estimate of drug-likeness (QED) is 0.117. The largest absolute Gasteiger partial charge is 0.480 e. The molecule has 170 valence electrons. The van der Waals surface area contributed by atoms with Gasteiger partial charge in [-0.1, -0.05) is 18.2 Å². The molecular weight excluding hydrogens is 468 g/mol. The van der Waals surface area contributed by atoms with Crippen molar-refractivity contribution in [1.82, 2.24) is 9.97 Å². The predicted molar refractivity (Wildman–Crippen MR) is 139 cm³/mol. The third-order valence-corrected chi connectivity index (χ3v) is 6.58. The third-order valence-electron chi connectivity index (χ3n) is 5.39. The van der Waals surface area contributed by atoms with Crippen LogP contribution in [0.25, 0.3) is 21.1 Å². The minimum absolute atomic E-state index is 0.351. The van der Waals surface area contributed by atoms with Gasteiger partial charge in [0.25, 0.3) is 0 Å². The number of rotatable bonds is 8. The lowest BCUT2D eigenvalue weighted by Crippen LogP contribution is -2.31. The Hall–Kier alpha value is -3.95. The van der Waals surface area contributed by atoms with Crippen molar-refractivity contribution in [2.45, 2.75) is 12.5 Å². The van der Waals surface area contributed by atoms with E-state index in [1.54, 1.807) is 24.3 Å². The lowest BCUT2D eigenvalue weighted by Gasteiger charge is -2.16. The minimum Gasteiger partial charge on any atom is -0.480 e. The number of fused-ring (bicyclic) bond motifs is 2. The number of aliphatic imine (C=N–C) groups is 1. The first-order valence-corrected chi connectivity index (χ1v) is 11.7. The van der Waals surface area contributed by atoms with Crippen molar-refractivity contribution in [3.8, 4) is 5.75 Å². The standard InChI is InChI=1S/C25H20N4O3S2/c30-24(31)22(11-15-13-26-20-4-2-1-3-19(15)20)28-16-5-8-18(9-6-16)32-14-27-17-7-10-21-23(12-17)34-25(33)29-21/h1-10,12-14,22,26,28H,11H2,(H,29,33)(H,30,31). The molecule has 5 aromatic rings. The summed E-state index contributed by atoms with van der Waals surface area (Å²) >= 11 is 6.67. The van der Waals surface area contributed by atoms with Crippen LogP contribution in [0.2, 0.25) is 0 Å². The van der Waals surface area contributed by atoms with Crippen molar-refractivity contribution in [3.63, 3.8) is 0 Å². The van der Waals surface area contributed by atoms with E-state index in [4.69, 9.17) is 17.0 Å². The number of hydrogen-bond donors (Lipinski definition) is 4. The summed E-state index contributed by atoms with van der Waals surface area (Å²) in [5.74, 6) is -0.322. The topological polar surface area (TPSA) is 102 Å². The van der Waals surface area contributed by atoms with Gasteiger partial charge in [0.2, 0.25) is 0 Å². The predicted octanol–water partition coefficient (Wildman–Crippen LogP) is 6.29. The molecule has 0 fully saturated rings. The first-order valence-electron chi connectivity index (χ1n) is 10.5. The van der Waals surface area contributed by atoms with Crippen molar-refractivity contribution in [1.29, 1.82) is 0 Å². The van der Waals surface area contributed by atoms with Crippen molar-refractivity contribution in [2.24, 2.45) is 4.99 Å². The first-order chi connectivity index (χ1) is 16.5. The summed E-state index contributed by atoms with van der Waals surface area (Å²) in [6, 6.07) is 19.9. The Morgan fingerprint density at radius 2 is 1.97 bits per heavy atom. The molecule has 9 heteroatoms. The molecule has 2 aromatic heterocycles. The van der Waals surface area contributed by atoms with E-state index in [2.05, 4.69) is 20.3 Å². The highest BCUT2D eigenvalue weighted by Crippen LogP contribution is 2.25. The normalized spacial score (nSPS) is 12.4. The molecule has 0 bridgehead atoms. The molecule has 0 amide bonds. The van der Waals surface area contributed by atoms with E-state index in [0.29, 0.717) is 17.9 Å². The average molecular weight is 489 g/mol. The Morgan fingerprint density at radius 1 is 1.15 bits per heavy atom. The molecule has 7 nitrogen and oxygen atoms in total. The van der Waals surface area contributed by atoms with Gasteiger partial charge < -0.3 is 25.1 Å². The number of thiazole rings is 1. The van der Waals surface area contributed by atoms with Gasteiger partial charge in [-0.25, -0.2) is 9.79 Å². The third kappa shape index (κ3) is 4.85. The second-order valence-electron chi connectivity index (χ2n) is 7.67. The van der Waals surface area contributed by atoms with Gasteiger partial charge in [0.1, 0.15) is 11.8 Å². The lowest BCUT2D eigenvalue weighted by molar-refractivity contribution is -0.137. The van der Waals surface area contributed by atoms with Crippen LogP contribution in [0.15, 0.2) is 77.9 Å². The fourth-order valence-corrected chi connectivity index (χ4v) is 4.86. The van der Waals surface area contributed by atoms with Crippen molar-refractivity contribution >= 4 is 68.4 Å². The molecular formula is C25H20N4O3S2. The number of H-pyrrole nitrogens is 2. The highest BCUT2D eigenvalue weighted by atomic mass is 32.1. The van der Waals surface area contributed by atoms with E-state index >= 15 is 0 Å². The number of anilines is 1. The van der Waals surface area contributed by atoms with Crippen LogP contribution < -0.4 is 10.1 Å². The van der Waals surface area contributed by atoms with E-state index in [1.165, 1.54) is 17.7 Å². The summed E-state index contributed by atoms with van der Waals surface area (Å²) in [5, 5.41) is 13.9. The Labute approximate surface area is 203 Å². The second kappa shape index (κ2) is 9.50. The van der Waals surface area contributed by atoms with Crippen LogP contribution in [0.5, 0.6) is 5.75 Å². The van der Waals surface area contributed by atoms with E-state index in [9.17, 15) is 9.90 Å². The fraction of sp³-hybridized carbons (Fsp3) is 0.0800. The highest BCUT2D eigenvalue weighted by molar-refractivity contribution is 7.73. The molecule has 0 saturated carbocycles. The summed E-state index contributed by atoms with van der Waals surface area (Å²) in [7, 11) is 0. The second-order valence-corrected chi connectivity index (χ2v) is 9.39. The number of benzene rings is 3. The van der Waals surface area contributed by atoms with Crippen molar-refractivity contribution < 1.29 is 14.6 Å². The van der Waals surface area contributed by atoms with Crippen LogP contribution >= 0.6 is 23.6 Å². The molecule has 4 N–H and O–H groups in total. The molecule has 0 radical (unpaired) electrons. The molecule has 3 aromatic carbocycles. The molecule has 34 heavy (non-hydrogen) atoms. The summed E-state index contributed by atoms with van der Waals surface area (Å²) in [4.78, 5) is 22.5. The van der Waals surface area contributed by atoms with Crippen LogP contribution in [0, 0.1) is 3.95 Å². The van der Waals surface area contributed by atoms with Crippen LogP contribution in [0.1, 0.15) is 5.56 Å². The molecule has 2 heterocycles. The number of carboxylic acids is 1. The zero-order valence-electron chi connectivity index (χ0n) is 17.8. The number of aromatic amines is 2. The zero-order chi connectivity index (χ0) is 23.5. The molecule has 5 rings (SSSR count). The van der Waals surface area contributed by atoms with Gasteiger partial charge in [0, 0.05) is 29.2 Å². The maximum Gasteiger partial charge on any atom is 0.326 e. The summed E-state index contributed by atoms with van der Waals surface area (Å²) in [6.07, 6.45) is 3.60. The Balaban J connectivity index is 1.23. The van der Waals surface area contributed by atoms with E-state index < -0.39 is 12.0 Å². The van der Waals surface area contributed by atoms with Crippen molar-refractivity contribution in [3.05, 3.63) is 82.4 Å². The number of nitrogens with zero attached hydrogens (tertiary/aromatic N) is 1. The molecule has 1 unspecified atom stereocenters. The van der Waals surface area contributed by atoms with Gasteiger partial charge in [-0.05, 0) is 66.3 Å². The van der Waals surface area contributed by atoms with Gasteiger partial charge in [-0.15, -0.1) is 11.3 Å². The van der Waals surface area contributed by atoms with E-state index in [1.807, 2.05) is 48.7 Å². The number of hydrogen-bond acceptors (Lipinski definition) is 6. The molecule has 0 aliphatic carbocycles. The number of nitrogens with one attached hydrogen (secondary N) is 3. The highest BCUT2D eigenvalue weighted by Gasteiger charge is 2.19. The van der Waals surface area contributed by atoms with Crippen LogP contribution in [-0.2, 0) is 11.2 Å². The summed E-state index contributed by atoms with van der Waals surface area (Å²) < 4.78 is 7.37. The van der Waals surface area contributed by atoms with Gasteiger partial charge in [0.15, 0.2) is 10.4 Å². The maximum absolute atomic E-state index is 11.9. The van der Waals surface area contributed by atoms with Gasteiger partial charge in [-0.3, -0.25) is 0 Å². The number of para-hydroxylation sites is 1. The van der Waals surface area contributed by atoms with Crippen molar-refractivity contribution in [2.75, 3.05) is 5.32 Å². The Morgan fingerprint density at radius 3 is 2.79 bits per heavy atom. The number of aliphatic carboxylic acids is 1. The minimum atomic E-state index is -0.916. The molecule has 0 aliphatic rings. The Bertz CT molecular complexity index is 1550. The van der Waals surface area contributed by atoms with Crippen LogP contribution in [0.3, 0.4) is 0 Å². The smallest absolute Gasteiger partial charge is 0.326 e. The summed E-state index contributed by atoms with van der Waals surface area (Å²) in [5.41, 5.74) is 4.38. The van der Waals surface area contributed by atoms with Gasteiger partial charge >= 0.3 is 5.97 Å². The maximum atomic E-state index is 11.9. The molecule has 0 aliphatic heterocycles. The van der Waals surface area contributed by atoms with E-state index in [-0.39, 0.29) is 0 Å². The summed E-state index contributed by atoms with van der Waals surface area (Å²) in [6.45, 7) is 0. The van der Waals surface area contributed by atoms with E-state index in [0.717, 1.165) is 36.3 Å². The SMILES string of the molecule is O=C(O)C(Cc1c[nH]c2ccccc12)Nc1ccc(OC=Nc2ccc3[nH]c(=S)sc3c2)cc1. The number of carbonyl (C=O) groups is 1. The molecule has 0 spiro atoms. The number of carboxylic acid groups (broad SMARTS) is 1. The first kappa shape index (κ1) is 21.9. The zero-order valence-corrected chi connectivity index (χ0v) is 19.5. The Kier molecular flexibility index (Phi) is 6.11. The lowest BCUT2D eigenvalue weighted by atomic mass is 10.0. The average Bonchev–Trinajstić information content (AvgIpc) is 3.41. The molecule has 0 saturated heterocycles. The van der Waals surface area contributed by atoms with Crippen LogP contribution in [-0.4, -0.2) is 33.5 Å². The molecule has 1 atom stereocenters. The van der Waals surface area contributed by atoms with Gasteiger partial charge in [0.05, 0.1) is 15.9 Å². The van der Waals surface area contributed by atoms with Crippen LogP contribution in [0.4, 0.5) is 11.4 Å². The number of ether oxygens (including phenoxy) is 1. The van der Waals surface area contributed by atoms with Gasteiger partial charge in [-0.2, -0.15) is 0 Å². The number of aromatic nitrogens is 2.